The summed E-state index contributed by atoms with van der Waals surface area (Å²) in [6, 6.07) is 14.1. The Hall–Kier alpha value is -3.28. The van der Waals surface area contributed by atoms with Crippen LogP contribution in [0.1, 0.15) is 41.5 Å². The van der Waals surface area contributed by atoms with E-state index in [1.54, 1.807) is 16.8 Å². The molecule has 28 heavy (non-hydrogen) atoms. The van der Waals surface area contributed by atoms with Gasteiger partial charge in [0.05, 0.1) is 0 Å². The molecule has 2 atom stereocenters. The first-order valence-corrected chi connectivity index (χ1v) is 9.35. The Morgan fingerprint density at radius 2 is 1.89 bits per heavy atom. The quantitative estimate of drug-likeness (QED) is 0.732. The number of aryl methyl sites for hydroxylation is 1. The van der Waals surface area contributed by atoms with Gasteiger partial charge in [-0.2, -0.15) is 10.1 Å². The van der Waals surface area contributed by atoms with Crippen molar-refractivity contribution in [3.63, 3.8) is 0 Å². The van der Waals surface area contributed by atoms with E-state index >= 15 is 0 Å². The van der Waals surface area contributed by atoms with Crippen LogP contribution >= 0.6 is 0 Å². The Bertz CT molecular complexity index is 1100. The van der Waals surface area contributed by atoms with Gasteiger partial charge in [0.1, 0.15) is 18.2 Å². The number of ketones is 1. The van der Waals surface area contributed by atoms with Crippen molar-refractivity contribution >= 4 is 11.7 Å². The van der Waals surface area contributed by atoms with Crippen LogP contribution in [-0.2, 0) is 4.79 Å². The molecule has 0 saturated heterocycles. The Morgan fingerprint density at radius 3 is 2.68 bits per heavy atom. The van der Waals surface area contributed by atoms with Gasteiger partial charge in [0, 0.05) is 17.7 Å². The number of nitrogens with one attached hydrogen (secondary N) is 1. The molecule has 5 rings (SSSR count). The van der Waals surface area contributed by atoms with Crippen LogP contribution in [0.2, 0.25) is 0 Å². The van der Waals surface area contributed by atoms with E-state index in [1.165, 1.54) is 29.6 Å². The lowest BCUT2D eigenvalue weighted by Gasteiger charge is -2.35. The molecule has 1 aromatic heterocycles. The van der Waals surface area contributed by atoms with Gasteiger partial charge in [-0.25, -0.2) is 9.07 Å². The number of allylic oxidation sites excluding steroid dienone is 2. The summed E-state index contributed by atoms with van der Waals surface area (Å²) >= 11 is 0. The highest BCUT2D eigenvalue weighted by Crippen LogP contribution is 2.44. The number of halogens is 1. The second-order valence-electron chi connectivity index (χ2n) is 7.38. The summed E-state index contributed by atoms with van der Waals surface area (Å²) < 4.78 is 15.2. The first kappa shape index (κ1) is 16.9. The summed E-state index contributed by atoms with van der Waals surface area (Å²) in [4.78, 5) is 17.6. The van der Waals surface area contributed by atoms with Gasteiger partial charge in [-0.1, -0.05) is 36.4 Å². The Morgan fingerprint density at radius 1 is 1.11 bits per heavy atom. The number of carbonyl (C=O) groups excluding carboxylic acids is 1. The molecule has 2 aromatic carbocycles. The van der Waals surface area contributed by atoms with Crippen molar-refractivity contribution in [2.24, 2.45) is 0 Å². The monoisotopic (exact) mass is 374 g/mol. The van der Waals surface area contributed by atoms with Gasteiger partial charge in [0.25, 0.3) is 0 Å². The molecule has 2 heterocycles. The third-order valence-electron chi connectivity index (χ3n) is 5.68. The van der Waals surface area contributed by atoms with Crippen molar-refractivity contribution in [2.45, 2.75) is 31.7 Å². The molecule has 140 valence electrons. The molecular weight excluding hydrogens is 355 g/mol. The zero-order valence-corrected chi connectivity index (χ0v) is 15.4. The Kier molecular flexibility index (Phi) is 3.86. The number of hydrogen-bond acceptors (Lipinski definition) is 4. The van der Waals surface area contributed by atoms with E-state index in [9.17, 15) is 9.18 Å². The average molecular weight is 374 g/mol. The highest BCUT2D eigenvalue weighted by Gasteiger charge is 2.39. The van der Waals surface area contributed by atoms with Crippen LogP contribution in [0.25, 0.3) is 0 Å². The fourth-order valence-corrected chi connectivity index (χ4v) is 4.37. The van der Waals surface area contributed by atoms with Crippen molar-refractivity contribution in [2.75, 3.05) is 5.32 Å². The van der Waals surface area contributed by atoms with E-state index in [1.807, 2.05) is 12.1 Å². The van der Waals surface area contributed by atoms with Crippen molar-refractivity contribution in [1.29, 1.82) is 0 Å². The average Bonchev–Trinajstić information content (AvgIpc) is 3.15. The summed E-state index contributed by atoms with van der Waals surface area (Å²) in [6.07, 6.45) is 2.66. The lowest BCUT2D eigenvalue weighted by molar-refractivity contribution is -0.116. The van der Waals surface area contributed by atoms with E-state index in [4.69, 9.17) is 0 Å². The molecule has 0 saturated carbocycles. The Balaban J connectivity index is 1.61. The molecule has 3 aromatic rings. The summed E-state index contributed by atoms with van der Waals surface area (Å²) in [6.45, 7) is 2.08. The molecular formula is C22H19FN4O. The third-order valence-corrected chi connectivity index (χ3v) is 5.68. The minimum Gasteiger partial charge on any atom is -0.328 e. The van der Waals surface area contributed by atoms with Crippen LogP contribution in [0.3, 0.4) is 0 Å². The molecule has 0 bridgehead atoms. The molecule has 5 nitrogen and oxygen atoms in total. The summed E-state index contributed by atoms with van der Waals surface area (Å²) in [7, 11) is 0. The van der Waals surface area contributed by atoms with Crippen LogP contribution < -0.4 is 5.32 Å². The number of nitrogens with zero attached hydrogens (tertiary/aromatic N) is 3. The number of carbonyl (C=O) groups is 1. The molecule has 0 fully saturated rings. The van der Waals surface area contributed by atoms with Gasteiger partial charge in [-0.05, 0) is 48.1 Å². The standard InChI is InChI=1S/C22H19FN4O/c1-13-4-2-3-5-17(13)15-10-18-20(19(28)11-15)21(14-6-8-16(23)9-7-14)27-22(26-18)24-12-25-27/h2-9,12,15,21H,10-11H2,1H3,(H,24,25,26)/t15-,21-/m1/s1. The second kappa shape index (κ2) is 6.41. The summed E-state index contributed by atoms with van der Waals surface area (Å²) in [5, 5.41) is 7.63. The van der Waals surface area contributed by atoms with Gasteiger partial charge < -0.3 is 5.32 Å². The van der Waals surface area contributed by atoms with Gasteiger partial charge in [-0.15, -0.1) is 0 Å². The lowest BCUT2D eigenvalue weighted by Crippen LogP contribution is -2.33. The van der Waals surface area contributed by atoms with Crippen LogP contribution in [0, 0.1) is 12.7 Å². The number of aromatic nitrogens is 3. The molecule has 1 aliphatic carbocycles. The molecule has 0 amide bonds. The van der Waals surface area contributed by atoms with Gasteiger partial charge >= 0.3 is 0 Å². The Labute approximate surface area is 161 Å². The van der Waals surface area contributed by atoms with Crippen LogP contribution in [0.15, 0.2) is 66.1 Å². The zero-order valence-electron chi connectivity index (χ0n) is 15.4. The second-order valence-corrected chi connectivity index (χ2v) is 7.38. The third kappa shape index (κ3) is 2.64. The maximum Gasteiger partial charge on any atom is 0.226 e. The maximum absolute atomic E-state index is 13.5. The predicted molar refractivity (Wildman–Crippen MR) is 103 cm³/mol. The topological polar surface area (TPSA) is 59.8 Å². The first-order chi connectivity index (χ1) is 13.6. The van der Waals surface area contributed by atoms with Crippen LogP contribution in [-0.4, -0.2) is 20.5 Å². The fraction of sp³-hybridized carbons (Fsp3) is 0.227. The van der Waals surface area contributed by atoms with E-state index in [0.717, 1.165) is 17.7 Å². The molecule has 0 radical (unpaired) electrons. The lowest BCUT2D eigenvalue weighted by atomic mass is 9.77. The smallest absolute Gasteiger partial charge is 0.226 e. The van der Waals surface area contributed by atoms with Crippen molar-refractivity contribution < 1.29 is 9.18 Å². The number of Topliss-reactive ketones (excluding diaryl/α,β-unsaturated/α-hetero) is 1. The van der Waals surface area contributed by atoms with E-state index < -0.39 is 0 Å². The highest BCUT2D eigenvalue weighted by atomic mass is 19.1. The van der Waals surface area contributed by atoms with Gasteiger partial charge in [0.15, 0.2) is 5.78 Å². The summed E-state index contributed by atoms with van der Waals surface area (Å²) in [5.41, 5.74) is 4.81. The van der Waals surface area contributed by atoms with Crippen LogP contribution in [0.5, 0.6) is 0 Å². The minimum atomic E-state index is -0.389. The van der Waals surface area contributed by atoms with Crippen molar-refractivity contribution in [3.8, 4) is 0 Å². The molecule has 1 aliphatic heterocycles. The SMILES string of the molecule is Cc1ccccc1[C@H]1CC(=O)C2=C(C1)Nc1ncnn1[C@@H]2c1ccc(F)cc1. The largest absolute Gasteiger partial charge is 0.328 e. The summed E-state index contributed by atoms with van der Waals surface area (Å²) in [5.74, 6) is 0.521. The van der Waals surface area contributed by atoms with E-state index in [0.29, 0.717) is 17.9 Å². The number of fused-ring (bicyclic) bond motifs is 1. The van der Waals surface area contributed by atoms with Gasteiger partial charge in [0.2, 0.25) is 5.95 Å². The first-order valence-electron chi connectivity index (χ1n) is 9.35. The van der Waals surface area contributed by atoms with Crippen molar-refractivity contribution in [3.05, 3.63) is 88.6 Å². The number of hydrogen-bond donors (Lipinski definition) is 1. The number of anilines is 1. The predicted octanol–water partition coefficient (Wildman–Crippen LogP) is 4.14. The molecule has 0 unspecified atom stereocenters. The zero-order chi connectivity index (χ0) is 19.3. The molecule has 6 heteroatoms. The number of rotatable bonds is 2. The molecule has 0 spiro atoms. The maximum atomic E-state index is 13.5. The minimum absolute atomic E-state index is 0.0949. The van der Waals surface area contributed by atoms with Crippen LogP contribution in [0.4, 0.5) is 10.3 Å². The van der Waals surface area contributed by atoms with E-state index in [-0.39, 0.29) is 23.6 Å². The van der Waals surface area contributed by atoms with Crippen molar-refractivity contribution in [1.82, 2.24) is 14.8 Å². The molecule has 2 aliphatic rings. The van der Waals surface area contributed by atoms with E-state index in [2.05, 4.69) is 34.5 Å². The number of benzene rings is 2. The normalized spacial score (nSPS) is 21.1. The van der Waals surface area contributed by atoms with Gasteiger partial charge in [-0.3, -0.25) is 4.79 Å². The highest BCUT2D eigenvalue weighted by molar-refractivity contribution is 6.00. The molecule has 1 N–H and O–H groups in total. The fourth-order valence-electron chi connectivity index (χ4n) is 4.37.